The zero-order valence-electron chi connectivity index (χ0n) is 12.0. The van der Waals surface area contributed by atoms with Crippen molar-refractivity contribution in [2.75, 3.05) is 6.54 Å². The van der Waals surface area contributed by atoms with Crippen molar-refractivity contribution < 1.29 is 0 Å². The van der Waals surface area contributed by atoms with Crippen LogP contribution in [0.5, 0.6) is 0 Å². The third-order valence-electron chi connectivity index (χ3n) is 3.22. The lowest BCUT2D eigenvalue weighted by Crippen LogP contribution is -2.25. The van der Waals surface area contributed by atoms with Crippen LogP contribution in [0.25, 0.3) is 0 Å². The van der Waals surface area contributed by atoms with Crippen molar-refractivity contribution in [3.05, 3.63) is 50.2 Å². The molecule has 1 heterocycles. The minimum Gasteiger partial charge on any atom is -0.305 e. The van der Waals surface area contributed by atoms with E-state index < -0.39 is 0 Å². The summed E-state index contributed by atoms with van der Waals surface area (Å²) in [5.41, 5.74) is 2.03. The Labute approximate surface area is 143 Å². The molecule has 0 radical (unpaired) electrons. The van der Waals surface area contributed by atoms with E-state index in [0.717, 1.165) is 35.2 Å². The molecule has 3 nitrogen and oxygen atoms in total. The first-order valence-corrected chi connectivity index (χ1v) is 8.52. The molecule has 0 aliphatic rings. The summed E-state index contributed by atoms with van der Waals surface area (Å²) >= 11 is 16.1. The number of nitrogens with one attached hydrogen (secondary N) is 1. The smallest absolute Gasteiger partial charge is 0.0837 e. The van der Waals surface area contributed by atoms with Gasteiger partial charge in [0.15, 0.2) is 0 Å². The predicted molar refractivity (Wildman–Crippen MR) is 92.2 cm³/mol. The molecule has 2 rings (SSSR count). The van der Waals surface area contributed by atoms with Crippen LogP contribution in [0.3, 0.4) is 0 Å². The van der Waals surface area contributed by atoms with E-state index >= 15 is 0 Å². The fourth-order valence-electron chi connectivity index (χ4n) is 2.34. The molecule has 0 aliphatic heterocycles. The summed E-state index contributed by atoms with van der Waals surface area (Å²) in [6, 6.07) is 5.72. The second-order valence-electron chi connectivity index (χ2n) is 4.76. The molecule has 1 unspecified atom stereocenters. The van der Waals surface area contributed by atoms with Crippen LogP contribution in [0.2, 0.25) is 10.0 Å². The Morgan fingerprint density at radius 3 is 2.76 bits per heavy atom. The number of rotatable bonds is 6. The van der Waals surface area contributed by atoms with Gasteiger partial charge >= 0.3 is 0 Å². The monoisotopic (exact) mass is 389 g/mol. The van der Waals surface area contributed by atoms with Crippen molar-refractivity contribution >= 4 is 39.1 Å². The zero-order chi connectivity index (χ0) is 15.4. The van der Waals surface area contributed by atoms with Crippen molar-refractivity contribution in [1.29, 1.82) is 0 Å². The maximum absolute atomic E-state index is 6.38. The van der Waals surface area contributed by atoms with Gasteiger partial charge in [-0.2, -0.15) is 5.10 Å². The standard InChI is InChI=1S/C15H18BrCl2N3/c1-3-7-21-15(13(18)9-20-21)14(19-4-2)11-8-10(17)5-6-12(11)16/h5-6,8-9,14,19H,3-4,7H2,1-2H3. The molecular weight excluding hydrogens is 373 g/mol. The van der Waals surface area contributed by atoms with Crippen molar-refractivity contribution in [2.24, 2.45) is 0 Å². The molecule has 1 N–H and O–H groups in total. The SMILES string of the molecule is CCCn1ncc(Cl)c1C(NCC)c1cc(Cl)ccc1Br. The van der Waals surface area contributed by atoms with E-state index in [-0.39, 0.29) is 6.04 Å². The lowest BCUT2D eigenvalue weighted by molar-refractivity contribution is 0.520. The molecule has 2 aromatic rings. The summed E-state index contributed by atoms with van der Waals surface area (Å²) in [4.78, 5) is 0. The Morgan fingerprint density at radius 2 is 2.10 bits per heavy atom. The highest BCUT2D eigenvalue weighted by Gasteiger charge is 2.23. The van der Waals surface area contributed by atoms with Crippen molar-refractivity contribution in [3.63, 3.8) is 0 Å². The topological polar surface area (TPSA) is 29.9 Å². The molecule has 0 bridgehead atoms. The third kappa shape index (κ3) is 3.81. The molecule has 1 aromatic heterocycles. The van der Waals surface area contributed by atoms with Gasteiger partial charge < -0.3 is 5.32 Å². The Hall–Kier alpha value is -0.550. The first-order valence-electron chi connectivity index (χ1n) is 6.98. The van der Waals surface area contributed by atoms with E-state index in [1.54, 1.807) is 6.20 Å². The van der Waals surface area contributed by atoms with Gasteiger partial charge in [-0.05, 0) is 36.7 Å². The molecule has 1 aromatic carbocycles. The number of aromatic nitrogens is 2. The second kappa shape index (κ2) is 7.63. The van der Waals surface area contributed by atoms with E-state index in [1.165, 1.54) is 0 Å². The number of benzene rings is 1. The van der Waals surface area contributed by atoms with E-state index in [2.05, 4.69) is 40.2 Å². The molecule has 0 fully saturated rings. The summed E-state index contributed by atoms with van der Waals surface area (Å²) in [6.07, 6.45) is 2.70. The maximum atomic E-state index is 6.38. The van der Waals surface area contributed by atoms with E-state index in [4.69, 9.17) is 23.2 Å². The first-order chi connectivity index (χ1) is 10.1. The van der Waals surface area contributed by atoms with Crippen LogP contribution in [0.4, 0.5) is 0 Å². The summed E-state index contributed by atoms with van der Waals surface area (Å²) in [6.45, 7) is 5.84. The quantitative estimate of drug-likeness (QED) is 0.746. The molecule has 0 amide bonds. The van der Waals surface area contributed by atoms with E-state index in [0.29, 0.717) is 10.0 Å². The second-order valence-corrected chi connectivity index (χ2v) is 6.46. The first kappa shape index (κ1) is 16.8. The Bertz CT molecular complexity index is 613. The van der Waals surface area contributed by atoms with E-state index in [1.807, 2.05) is 22.9 Å². The van der Waals surface area contributed by atoms with Gasteiger partial charge in [0, 0.05) is 16.0 Å². The molecule has 114 valence electrons. The molecule has 0 saturated carbocycles. The summed E-state index contributed by atoms with van der Waals surface area (Å²) in [5, 5.41) is 9.23. The van der Waals surface area contributed by atoms with Gasteiger partial charge in [-0.25, -0.2) is 0 Å². The number of aryl methyl sites for hydroxylation is 1. The summed E-state index contributed by atoms with van der Waals surface area (Å²) < 4.78 is 2.96. The van der Waals surface area contributed by atoms with Crippen molar-refractivity contribution in [2.45, 2.75) is 32.9 Å². The molecule has 21 heavy (non-hydrogen) atoms. The molecule has 6 heteroatoms. The predicted octanol–water partition coefficient (Wildman–Crippen LogP) is 5.06. The lowest BCUT2D eigenvalue weighted by Gasteiger charge is -2.22. The zero-order valence-corrected chi connectivity index (χ0v) is 15.1. The largest absolute Gasteiger partial charge is 0.305 e. The van der Waals surface area contributed by atoms with Crippen LogP contribution in [0, 0.1) is 0 Å². The average molecular weight is 391 g/mol. The average Bonchev–Trinajstić information content (AvgIpc) is 2.81. The highest BCUT2D eigenvalue weighted by molar-refractivity contribution is 9.10. The summed E-state index contributed by atoms with van der Waals surface area (Å²) in [5.74, 6) is 0. The van der Waals surface area contributed by atoms with Gasteiger partial charge in [0.25, 0.3) is 0 Å². The van der Waals surface area contributed by atoms with Gasteiger partial charge in [0.2, 0.25) is 0 Å². The van der Waals surface area contributed by atoms with Crippen LogP contribution in [0.1, 0.15) is 37.6 Å². The van der Waals surface area contributed by atoms with Gasteiger partial charge in [-0.3, -0.25) is 4.68 Å². The highest BCUT2D eigenvalue weighted by atomic mass is 79.9. The minimum absolute atomic E-state index is 0.0513. The molecule has 0 saturated heterocycles. The van der Waals surface area contributed by atoms with Gasteiger partial charge in [-0.1, -0.05) is 53.0 Å². The van der Waals surface area contributed by atoms with Crippen LogP contribution >= 0.6 is 39.1 Å². The number of nitrogens with zero attached hydrogens (tertiary/aromatic N) is 2. The number of hydrogen-bond donors (Lipinski definition) is 1. The molecule has 1 atom stereocenters. The minimum atomic E-state index is -0.0513. The van der Waals surface area contributed by atoms with Crippen molar-refractivity contribution in [1.82, 2.24) is 15.1 Å². The third-order valence-corrected chi connectivity index (χ3v) is 4.47. The fraction of sp³-hybridized carbons (Fsp3) is 0.400. The van der Waals surface area contributed by atoms with E-state index in [9.17, 15) is 0 Å². The highest BCUT2D eigenvalue weighted by Crippen LogP contribution is 2.34. The van der Waals surface area contributed by atoms with Crippen LogP contribution in [-0.4, -0.2) is 16.3 Å². The Kier molecular flexibility index (Phi) is 6.11. The van der Waals surface area contributed by atoms with Gasteiger partial charge in [-0.15, -0.1) is 0 Å². The maximum Gasteiger partial charge on any atom is 0.0837 e. The summed E-state index contributed by atoms with van der Waals surface area (Å²) in [7, 11) is 0. The van der Waals surface area contributed by atoms with Crippen molar-refractivity contribution in [3.8, 4) is 0 Å². The Morgan fingerprint density at radius 1 is 1.33 bits per heavy atom. The number of hydrogen-bond acceptors (Lipinski definition) is 2. The van der Waals surface area contributed by atoms with Gasteiger partial charge in [0.1, 0.15) is 0 Å². The number of halogens is 3. The molecular formula is C15H18BrCl2N3. The molecule has 0 spiro atoms. The lowest BCUT2D eigenvalue weighted by atomic mass is 10.0. The van der Waals surface area contributed by atoms with Crippen LogP contribution < -0.4 is 5.32 Å². The normalized spacial score (nSPS) is 12.6. The fourth-order valence-corrected chi connectivity index (χ4v) is 3.25. The van der Waals surface area contributed by atoms with Crippen LogP contribution in [-0.2, 0) is 6.54 Å². The molecule has 0 aliphatic carbocycles. The Balaban J connectivity index is 2.53. The van der Waals surface area contributed by atoms with Gasteiger partial charge in [0.05, 0.1) is 23.0 Å². The van der Waals surface area contributed by atoms with Crippen LogP contribution in [0.15, 0.2) is 28.9 Å².